The van der Waals surface area contributed by atoms with Crippen LogP contribution in [-0.2, 0) is 10.6 Å². The van der Waals surface area contributed by atoms with Gasteiger partial charge in [-0.2, -0.15) is 0 Å². The molecule has 4 nitrogen and oxygen atoms in total. The van der Waals surface area contributed by atoms with E-state index in [1.165, 1.54) is 7.11 Å². The molecule has 0 saturated carbocycles. The highest BCUT2D eigenvalue weighted by Gasteiger charge is 2.21. The van der Waals surface area contributed by atoms with E-state index in [2.05, 4.69) is 9.47 Å². The van der Waals surface area contributed by atoms with Crippen molar-refractivity contribution >= 4 is 27.0 Å². The number of benzene rings is 1. The summed E-state index contributed by atoms with van der Waals surface area (Å²) in [6.45, 7) is 2.02. The van der Waals surface area contributed by atoms with Gasteiger partial charge in [0.1, 0.15) is 5.56 Å². The van der Waals surface area contributed by atoms with Crippen molar-refractivity contribution in [2.45, 2.75) is 12.8 Å². The fraction of sp³-hybridized carbons (Fsp3) is 0.364. The first-order valence-corrected chi connectivity index (χ1v) is 5.99. The van der Waals surface area contributed by atoms with Crippen molar-refractivity contribution in [1.29, 1.82) is 0 Å². The van der Waals surface area contributed by atoms with E-state index in [0.29, 0.717) is 22.6 Å². The minimum atomic E-state index is -0.473. The van der Waals surface area contributed by atoms with E-state index in [0.717, 1.165) is 0 Å². The van der Waals surface area contributed by atoms with Gasteiger partial charge in [-0.3, -0.25) is 0 Å². The molecule has 0 aliphatic heterocycles. The average molecular weight is 277 g/mol. The summed E-state index contributed by atoms with van der Waals surface area (Å²) in [5, 5.41) is 0. The van der Waals surface area contributed by atoms with Crippen molar-refractivity contribution in [2.75, 3.05) is 13.7 Å². The van der Waals surface area contributed by atoms with Crippen LogP contribution in [-0.4, -0.2) is 19.7 Å². The third-order valence-electron chi connectivity index (χ3n) is 2.17. The van der Waals surface area contributed by atoms with Gasteiger partial charge in [0.05, 0.1) is 23.2 Å². The monoisotopic (exact) mass is 276 g/mol. The third-order valence-corrected chi connectivity index (χ3v) is 2.69. The summed E-state index contributed by atoms with van der Waals surface area (Å²) in [6.07, 6.45) is 0. The van der Waals surface area contributed by atoms with Crippen molar-refractivity contribution in [3.8, 4) is 11.5 Å². The number of hydrogen-bond donors (Lipinski definition) is 0. The van der Waals surface area contributed by atoms with Crippen LogP contribution in [0, 0.1) is 0 Å². The molecule has 0 spiro atoms. The first-order valence-electron chi connectivity index (χ1n) is 4.99. The van der Waals surface area contributed by atoms with Gasteiger partial charge in [-0.1, -0.05) is 6.07 Å². The highest BCUT2D eigenvalue weighted by Crippen LogP contribution is 2.36. The summed E-state index contributed by atoms with van der Waals surface area (Å²) in [7, 11) is 3.58. The van der Waals surface area contributed by atoms with E-state index < -0.39 is 5.97 Å². The highest BCUT2D eigenvalue weighted by molar-refractivity contribution is 7.10. The summed E-state index contributed by atoms with van der Waals surface area (Å²) in [4.78, 5) is 11.8. The summed E-state index contributed by atoms with van der Waals surface area (Å²) >= 11 is 5.79. The van der Waals surface area contributed by atoms with E-state index >= 15 is 0 Å². The first-order chi connectivity index (χ1) is 8.19. The number of alkyl halides is 1. The lowest BCUT2D eigenvalue weighted by Crippen LogP contribution is -2.09. The van der Waals surface area contributed by atoms with Crippen molar-refractivity contribution in [2.24, 2.45) is 0 Å². The van der Waals surface area contributed by atoms with Crippen LogP contribution in [0.2, 0.25) is 0 Å². The maximum atomic E-state index is 11.8. The fourth-order valence-corrected chi connectivity index (χ4v) is 1.88. The van der Waals surface area contributed by atoms with Crippen LogP contribution in [0.15, 0.2) is 12.1 Å². The Hall–Kier alpha value is -0.990. The van der Waals surface area contributed by atoms with Crippen LogP contribution < -0.4 is 9.26 Å². The molecule has 0 aliphatic rings. The maximum Gasteiger partial charge on any atom is 0.342 e. The quantitative estimate of drug-likeness (QED) is 0.471. The largest absolute Gasteiger partial charge is 0.493 e. The van der Waals surface area contributed by atoms with Crippen LogP contribution in [0.3, 0.4) is 0 Å². The van der Waals surface area contributed by atoms with E-state index in [4.69, 9.17) is 25.6 Å². The van der Waals surface area contributed by atoms with Gasteiger partial charge in [0, 0.05) is 5.88 Å². The van der Waals surface area contributed by atoms with Gasteiger partial charge in [-0.05, 0) is 18.6 Å². The molecular formula is C11H14ClO4P. The van der Waals surface area contributed by atoms with Crippen LogP contribution in [0.5, 0.6) is 11.5 Å². The number of esters is 1. The van der Waals surface area contributed by atoms with Crippen molar-refractivity contribution in [1.82, 2.24) is 0 Å². The summed E-state index contributed by atoms with van der Waals surface area (Å²) < 4.78 is 15.2. The first kappa shape index (κ1) is 14.1. The predicted octanol–water partition coefficient (Wildman–Crippen LogP) is 2.78. The molecule has 0 heterocycles. The number of hydrogen-bond acceptors (Lipinski definition) is 4. The van der Waals surface area contributed by atoms with Crippen LogP contribution >= 0.6 is 21.1 Å². The standard InChI is InChI=1S/C11H14ClO4P/c1-3-15-11(13)9-7(6-12)4-5-8(14-2)10(9)16-17/h4-5H,3,6,17H2,1-2H3. The van der Waals surface area contributed by atoms with E-state index in [9.17, 15) is 4.79 Å². The number of carbonyl (C=O) groups is 1. The Morgan fingerprint density at radius 2 is 2.18 bits per heavy atom. The Morgan fingerprint density at radius 3 is 2.65 bits per heavy atom. The SMILES string of the molecule is CCOC(=O)c1c(CCl)ccc(OC)c1OP. The van der Waals surface area contributed by atoms with E-state index in [1.807, 2.05) is 0 Å². The normalized spacial score (nSPS) is 9.88. The van der Waals surface area contributed by atoms with Gasteiger partial charge in [0.2, 0.25) is 0 Å². The van der Waals surface area contributed by atoms with Crippen LogP contribution in [0.1, 0.15) is 22.8 Å². The van der Waals surface area contributed by atoms with Gasteiger partial charge >= 0.3 is 5.97 Å². The lowest BCUT2D eigenvalue weighted by molar-refractivity contribution is 0.0523. The van der Waals surface area contributed by atoms with Crippen molar-refractivity contribution < 1.29 is 18.8 Å². The second-order valence-corrected chi connectivity index (χ2v) is 3.61. The Bertz CT molecular complexity index is 409. The van der Waals surface area contributed by atoms with Gasteiger partial charge < -0.3 is 14.0 Å². The van der Waals surface area contributed by atoms with E-state index in [1.54, 1.807) is 19.1 Å². The second-order valence-electron chi connectivity index (χ2n) is 3.10. The molecule has 1 unspecified atom stereocenters. The zero-order valence-electron chi connectivity index (χ0n) is 9.66. The number of rotatable bonds is 5. The molecule has 1 atom stereocenters. The Kier molecular flexibility index (Phi) is 5.52. The van der Waals surface area contributed by atoms with Crippen molar-refractivity contribution in [3.63, 3.8) is 0 Å². The van der Waals surface area contributed by atoms with Gasteiger partial charge in [0.15, 0.2) is 11.5 Å². The predicted molar refractivity (Wildman–Crippen MR) is 68.8 cm³/mol. The van der Waals surface area contributed by atoms with Gasteiger partial charge in [0.25, 0.3) is 0 Å². The van der Waals surface area contributed by atoms with Gasteiger partial charge in [-0.15, -0.1) is 11.6 Å². The van der Waals surface area contributed by atoms with Crippen LogP contribution in [0.25, 0.3) is 0 Å². The highest BCUT2D eigenvalue weighted by atomic mass is 35.5. The number of methoxy groups -OCH3 is 1. The second kappa shape index (κ2) is 6.67. The van der Waals surface area contributed by atoms with E-state index in [-0.39, 0.29) is 12.5 Å². The molecular weight excluding hydrogens is 263 g/mol. The molecule has 1 aromatic carbocycles. The molecule has 0 aromatic heterocycles. The molecule has 0 N–H and O–H groups in total. The van der Waals surface area contributed by atoms with Crippen LogP contribution in [0.4, 0.5) is 0 Å². The molecule has 17 heavy (non-hydrogen) atoms. The average Bonchev–Trinajstić information content (AvgIpc) is 2.36. The Labute approximate surface area is 107 Å². The number of carbonyl (C=O) groups excluding carboxylic acids is 1. The fourth-order valence-electron chi connectivity index (χ4n) is 1.42. The smallest absolute Gasteiger partial charge is 0.342 e. The Balaban J connectivity index is 3.34. The van der Waals surface area contributed by atoms with Crippen molar-refractivity contribution in [3.05, 3.63) is 23.3 Å². The zero-order chi connectivity index (χ0) is 12.8. The van der Waals surface area contributed by atoms with Gasteiger partial charge in [-0.25, -0.2) is 4.79 Å². The molecule has 0 bridgehead atoms. The summed E-state index contributed by atoms with van der Waals surface area (Å²) in [5.74, 6) is 0.490. The summed E-state index contributed by atoms with van der Waals surface area (Å²) in [5.41, 5.74) is 0.944. The zero-order valence-corrected chi connectivity index (χ0v) is 11.6. The molecule has 6 heteroatoms. The Morgan fingerprint density at radius 1 is 1.47 bits per heavy atom. The molecule has 1 rings (SSSR count). The molecule has 1 aromatic rings. The molecule has 94 valence electrons. The number of halogens is 1. The molecule has 0 radical (unpaired) electrons. The molecule has 0 aliphatic carbocycles. The lowest BCUT2D eigenvalue weighted by Gasteiger charge is -2.14. The number of ether oxygens (including phenoxy) is 2. The third kappa shape index (κ3) is 3.02. The molecule has 0 amide bonds. The molecule has 0 saturated heterocycles. The topological polar surface area (TPSA) is 44.8 Å². The lowest BCUT2D eigenvalue weighted by atomic mass is 10.1. The maximum absolute atomic E-state index is 11.8. The minimum absolute atomic E-state index is 0.194. The minimum Gasteiger partial charge on any atom is -0.493 e. The molecule has 0 fully saturated rings. The summed E-state index contributed by atoms with van der Waals surface area (Å²) in [6, 6.07) is 3.41.